The van der Waals surface area contributed by atoms with Gasteiger partial charge >= 0.3 is 0 Å². The van der Waals surface area contributed by atoms with Crippen LogP contribution in [0.2, 0.25) is 0 Å². The highest BCUT2D eigenvalue weighted by Gasteiger charge is 2.34. The number of nitro benzene ring substituents is 1. The van der Waals surface area contributed by atoms with Crippen LogP contribution >= 0.6 is 0 Å². The molecule has 116 valence electrons. The number of hydrogen-bond acceptors (Lipinski definition) is 5. The Balaban J connectivity index is 2.09. The molecule has 0 radical (unpaired) electrons. The van der Waals surface area contributed by atoms with Crippen molar-refractivity contribution in [3.05, 3.63) is 33.9 Å². The molecule has 0 spiro atoms. The maximum absolute atomic E-state index is 10.9. The summed E-state index contributed by atoms with van der Waals surface area (Å²) < 4.78 is 0. The van der Waals surface area contributed by atoms with E-state index in [1.165, 1.54) is 25.3 Å². The van der Waals surface area contributed by atoms with E-state index >= 15 is 0 Å². The topological polar surface area (TPSA) is 84.4 Å². The molecule has 1 saturated heterocycles. The Bertz CT molecular complexity index is 514. The van der Waals surface area contributed by atoms with Crippen LogP contribution in [0.1, 0.15) is 38.7 Å². The number of nitrogen functional groups attached to an aromatic ring is 1. The van der Waals surface area contributed by atoms with Crippen molar-refractivity contribution in [2.45, 2.75) is 39.7 Å². The van der Waals surface area contributed by atoms with E-state index in [1.54, 1.807) is 6.07 Å². The summed E-state index contributed by atoms with van der Waals surface area (Å²) in [6, 6.07) is 5.11. The summed E-state index contributed by atoms with van der Waals surface area (Å²) in [5.74, 6) is 5.38. The van der Waals surface area contributed by atoms with Crippen molar-refractivity contribution in [3.8, 4) is 0 Å². The van der Waals surface area contributed by atoms with Crippen LogP contribution in [0, 0.1) is 15.5 Å². The molecule has 1 aliphatic rings. The number of benzene rings is 1. The molecule has 0 aliphatic carbocycles. The van der Waals surface area contributed by atoms with Gasteiger partial charge in [-0.25, -0.2) is 0 Å². The van der Waals surface area contributed by atoms with Gasteiger partial charge in [0.15, 0.2) is 0 Å². The minimum Gasteiger partial charge on any atom is -0.318 e. The number of nitrogens with one attached hydrogen (secondary N) is 1. The first kappa shape index (κ1) is 15.7. The summed E-state index contributed by atoms with van der Waals surface area (Å²) in [6.45, 7) is 7.52. The van der Waals surface area contributed by atoms with Crippen molar-refractivity contribution in [3.63, 3.8) is 0 Å². The lowest BCUT2D eigenvalue weighted by atomic mass is 9.82. The number of nitrogens with two attached hydrogens (primary N) is 1. The fourth-order valence-corrected chi connectivity index (χ4v) is 3.20. The molecule has 0 atom stereocenters. The van der Waals surface area contributed by atoms with Crippen molar-refractivity contribution in [2.75, 3.05) is 18.5 Å². The highest BCUT2D eigenvalue weighted by Crippen LogP contribution is 2.37. The third-order valence-corrected chi connectivity index (χ3v) is 4.84. The molecule has 1 fully saturated rings. The average Bonchev–Trinajstić information content (AvgIpc) is 2.90. The maximum Gasteiger partial charge on any atom is 0.293 e. The molecule has 21 heavy (non-hydrogen) atoms. The van der Waals surface area contributed by atoms with E-state index in [2.05, 4.69) is 24.2 Å². The SMILES string of the molecule is CCC1(CC)CCN(Cc2ccc([N+](=O)[O-])c(NN)c2)C1. The van der Waals surface area contributed by atoms with Crippen molar-refractivity contribution < 1.29 is 4.92 Å². The number of hydrogen-bond donors (Lipinski definition) is 2. The van der Waals surface area contributed by atoms with Crippen LogP contribution in [0.4, 0.5) is 11.4 Å². The van der Waals surface area contributed by atoms with Gasteiger partial charge in [0.2, 0.25) is 0 Å². The normalized spacial score (nSPS) is 17.9. The molecule has 0 unspecified atom stereocenters. The molecule has 0 bridgehead atoms. The van der Waals surface area contributed by atoms with Crippen LogP contribution in [0.15, 0.2) is 18.2 Å². The lowest BCUT2D eigenvalue weighted by molar-refractivity contribution is -0.384. The Hall–Kier alpha value is -1.66. The molecular formula is C15H24N4O2. The first-order valence-corrected chi connectivity index (χ1v) is 7.50. The van der Waals surface area contributed by atoms with E-state index in [0.717, 1.165) is 25.2 Å². The van der Waals surface area contributed by atoms with E-state index in [9.17, 15) is 10.1 Å². The van der Waals surface area contributed by atoms with Crippen LogP contribution in [0.25, 0.3) is 0 Å². The Labute approximate surface area is 125 Å². The van der Waals surface area contributed by atoms with E-state index in [0.29, 0.717) is 11.1 Å². The number of rotatable bonds is 6. The summed E-state index contributed by atoms with van der Waals surface area (Å²) in [6.07, 6.45) is 3.64. The molecule has 3 N–H and O–H groups in total. The van der Waals surface area contributed by atoms with Crippen molar-refractivity contribution in [1.29, 1.82) is 0 Å². The predicted molar refractivity (Wildman–Crippen MR) is 83.8 cm³/mol. The van der Waals surface area contributed by atoms with Gasteiger partial charge < -0.3 is 5.43 Å². The van der Waals surface area contributed by atoms with Gasteiger partial charge in [0, 0.05) is 19.2 Å². The van der Waals surface area contributed by atoms with Gasteiger partial charge in [0.05, 0.1) is 4.92 Å². The first-order chi connectivity index (χ1) is 10.0. The van der Waals surface area contributed by atoms with Crippen LogP contribution < -0.4 is 11.3 Å². The van der Waals surface area contributed by atoms with Gasteiger partial charge in [-0.2, -0.15) is 0 Å². The van der Waals surface area contributed by atoms with Crippen LogP contribution in [0.3, 0.4) is 0 Å². The summed E-state index contributed by atoms with van der Waals surface area (Å²) >= 11 is 0. The van der Waals surface area contributed by atoms with E-state index in [-0.39, 0.29) is 5.69 Å². The number of nitrogens with zero attached hydrogens (tertiary/aromatic N) is 2. The highest BCUT2D eigenvalue weighted by atomic mass is 16.6. The Morgan fingerprint density at radius 2 is 2.14 bits per heavy atom. The van der Waals surface area contributed by atoms with E-state index in [4.69, 9.17) is 5.84 Å². The zero-order valence-electron chi connectivity index (χ0n) is 12.8. The lowest BCUT2D eigenvalue weighted by Gasteiger charge is -2.26. The Kier molecular flexibility index (Phi) is 4.80. The molecule has 1 aromatic carbocycles. The summed E-state index contributed by atoms with van der Waals surface area (Å²) in [5.41, 5.74) is 4.30. The van der Waals surface area contributed by atoms with Crippen LogP contribution in [-0.4, -0.2) is 22.9 Å². The third-order valence-electron chi connectivity index (χ3n) is 4.84. The number of likely N-dealkylation sites (tertiary alicyclic amines) is 1. The number of anilines is 1. The highest BCUT2D eigenvalue weighted by molar-refractivity contribution is 5.62. The lowest BCUT2D eigenvalue weighted by Crippen LogP contribution is -2.26. The fourth-order valence-electron chi connectivity index (χ4n) is 3.20. The smallest absolute Gasteiger partial charge is 0.293 e. The molecule has 0 amide bonds. The second-order valence-electron chi connectivity index (χ2n) is 5.92. The van der Waals surface area contributed by atoms with Gasteiger partial charge in [-0.15, -0.1) is 0 Å². The first-order valence-electron chi connectivity index (χ1n) is 7.50. The van der Waals surface area contributed by atoms with E-state index in [1.807, 2.05) is 6.07 Å². The Morgan fingerprint density at radius 3 is 2.67 bits per heavy atom. The van der Waals surface area contributed by atoms with Crippen LogP contribution in [-0.2, 0) is 6.54 Å². The molecule has 1 aliphatic heterocycles. The molecule has 6 nitrogen and oxygen atoms in total. The minimum absolute atomic E-state index is 0.0131. The number of nitro groups is 1. The molecule has 0 saturated carbocycles. The summed E-state index contributed by atoms with van der Waals surface area (Å²) in [5, 5.41) is 10.9. The summed E-state index contributed by atoms with van der Waals surface area (Å²) in [4.78, 5) is 12.9. The molecule has 1 heterocycles. The Morgan fingerprint density at radius 1 is 1.43 bits per heavy atom. The number of hydrazine groups is 1. The van der Waals surface area contributed by atoms with Crippen molar-refractivity contribution in [1.82, 2.24) is 4.90 Å². The van der Waals surface area contributed by atoms with Gasteiger partial charge in [-0.05, 0) is 42.9 Å². The molecule has 2 rings (SSSR count). The molecule has 6 heteroatoms. The van der Waals surface area contributed by atoms with Gasteiger partial charge in [-0.3, -0.25) is 20.9 Å². The second kappa shape index (κ2) is 6.41. The molecule has 0 aromatic heterocycles. The zero-order chi connectivity index (χ0) is 15.5. The van der Waals surface area contributed by atoms with E-state index < -0.39 is 4.92 Å². The van der Waals surface area contributed by atoms with Crippen molar-refractivity contribution >= 4 is 11.4 Å². The van der Waals surface area contributed by atoms with Gasteiger partial charge in [-0.1, -0.05) is 19.9 Å². The zero-order valence-corrected chi connectivity index (χ0v) is 12.8. The van der Waals surface area contributed by atoms with Crippen molar-refractivity contribution in [2.24, 2.45) is 11.3 Å². The summed E-state index contributed by atoms with van der Waals surface area (Å²) in [7, 11) is 0. The van der Waals surface area contributed by atoms with Gasteiger partial charge in [0.1, 0.15) is 5.69 Å². The molecular weight excluding hydrogens is 268 g/mol. The second-order valence-corrected chi connectivity index (χ2v) is 5.92. The third kappa shape index (κ3) is 3.33. The quantitative estimate of drug-likeness (QED) is 0.478. The van der Waals surface area contributed by atoms with Crippen LogP contribution in [0.5, 0.6) is 0 Å². The monoisotopic (exact) mass is 292 g/mol. The maximum atomic E-state index is 10.9. The standard InChI is InChI=1S/C15H24N4O2/c1-3-15(4-2)7-8-18(11-15)10-12-5-6-14(19(20)21)13(9-12)17-16/h5-6,9,17H,3-4,7-8,10-11,16H2,1-2H3. The molecule has 1 aromatic rings. The van der Waals surface area contributed by atoms with Gasteiger partial charge in [0.25, 0.3) is 5.69 Å². The largest absolute Gasteiger partial charge is 0.318 e. The average molecular weight is 292 g/mol. The fraction of sp³-hybridized carbons (Fsp3) is 0.600. The minimum atomic E-state index is -0.423. The predicted octanol–water partition coefficient (Wildman–Crippen LogP) is 2.89.